The van der Waals surface area contributed by atoms with E-state index >= 15 is 0 Å². The molecule has 0 atom stereocenters. The fourth-order valence-corrected chi connectivity index (χ4v) is 2.36. The summed E-state index contributed by atoms with van der Waals surface area (Å²) in [5, 5.41) is 8.58. The van der Waals surface area contributed by atoms with Gasteiger partial charge in [0.05, 0.1) is 17.6 Å². The molecular formula is C13H10N2S. The molecule has 3 rings (SSSR count). The zero-order valence-electron chi connectivity index (χ0n) is 8.58. The average Bonchev–Trinajstić information content (AvgIpc) is 3.01. The maximum atomic E-state index is 4.36. The molecule has 0 aliphatic heterocycles. The third-order valence-electron chi connectivity index (χ3n) is 2.46. The number of rotatable bonds is 2. The van der Waals surface area contributed by atoms with Crippen LogP contribution in [0.5, 0.6) is 0 Å². The van der Waals surface area contributed by atoms with Gasteiger partial charge in [0.1, 0.15) is 0 Å². The molecule has 2 heterocycles. The van der Waals surface area contributed by atoms with Crippen LogP contribution in [0.2, 0.25) is 0 Å². The van der Waals surface area contributed by atoms with E-state index in [2.05, 4.69) is 34.1 Å². The predicted molar refractivity (Wildman–Crippen MR) is 66.9 cm³/mol. The minimum Gasteiger partial charge on any atom is -0.233 e. The second-order valence-corrected chi connectivity index (χ2v) is 4.26. The Morgan fingerprint density at radius 3 is 2.62 bits per heavy atom. The van der Waals surface area contributed by atoms with E-state index in [1.165, 1.54) is 5.56 Å². The van der Waals surface area contributed by atoms with Crippen LogP contribution < -0.4 is 0 Å². The molecule has 0 aliphatic carbocycles. The lowest BCUT2D eigenvalue weighted by molar-refractivity contribution is 0.888. The normalized spacial score (nSPS) is 10.5. The lowest BCUT2D eigenvalue weighted by Crippen LogP contribution is -1.97. The second kappa shape index (κ2) is 3.94. The van der Waals surface area contributed by atoms with Crippen molar-refractivity contribution in [2.75, 3.05) is 0 Å². The molecule has 0 saturated carbocycles. The number of para-hydroxylation sites is 1. The van der Waals surface area contributed by atoms with E-state index in [0.717, 1.165) is 11.4 Å². The molecule has 0 bridgehead atoms. The van der Waals surface area contributed by atoms with Gasteiger partial charge in [-0.15, -0.1) is 0 Å². The van der Waals surface area contributed by atoms with Gasteiger partial charge in [0, 0.05) is 10.9 Å². The molecule has 0 aliphatic rings. The van der Waals surface area contributed by atoms with Gasteiger partial charge < -0.3 is 0 Å². The van der Waals surface area contributed by atoms with E-state index in [4.69, 9.17) is 0 Å². The highest BCUT2D eigenvalue weighted by molar-refractivity contribution is 7.08. The third-order valence-corrected chi connectivity index (χ3v) is 3.14. The first kappa shape index (κ1) is 9.36. The molecule has 0 fully saturated rings. The number of aromatic nitrogens is 2. The van der Waals surface area contributed by atoms with Gasteiger partial charge >= 0.3 is 0 Å². The van der Waals surface area contributed by atoms with E-state index in [9.17, 15) is 0 Å². The summed E-state index contributed by atoms with van der Waals surface area (Å²) in [4.78, 5) is 0. The van der Waals surface area contributed by atoms with Crippen LogP contribution in [0, 0.1) is 0 Å². The van der Waals surface area contributed by atoms with E-state index in [0.29, 0.717) is 0 Å². The van der Waals surface area contributed by atoms with Crippen LogP contribution in [0.25, 0.3) is 16.9 Å². The highest BCUT2D eigenvalue weighted by Crippen LogP contribution is 2.24. The SMILES string of the molecule is c1ccc(-n2nccc2-c2ccsc2)cc1. The van der Waals surface area contributed by atoms with E-state index in [1.807, 2.05) is 35.1 Å². The topological polar surface area (TPSA) is 17.8 Å². The average molecular weight is 226 g/mol. The van der Waals surface area contributed by atoms with Gasteiger partial charge in [-0.25, -0.2) is 4.68 Å². The van der Waals surface area contributed by atoms with Crippen molar-refractivity contribution in [3.05, 3.63) is 59.4 Å². The number of hydrogen-bond acceptors (Lipinski definition) is 2. The molecule has 78 valence electrons. The van der Waals surface area contributed by atoms with E-state index in [1.54, 1.807) is 11.3 Å². The molecule has 0 N–H and O–H groups in total. The summed E-state index contributed by atoms with van der Waals surface area (Å²) in [6.07, 6.45) is 1.83. The van der Waals surface area contributed by atoms with Crippen LogP contribution in [0.15, 0.2) is 59.4 Å². The molecule has 1 aromatic carbocycles. The molecule has 0 unspecified atom stereocenters. The van der Waals surface area contributed by atoms with Crippen molar-refractivity contribution in [2.45, 2.75) is 0 Å². The number of benzene rings is 1. The molecule has 0 radical (unpaired) electrons. The lowest BCUT2D eigenvalue weighted by atomic mass is 10.2. The van der Waals surface area contributed by atoms with Crippen LogP contribution >= 0.6 is 11.3 Å². The Morgan fingerprint density at radius 2 is 1.88 bits per heavy atom. The standard InChI is InChI=1S/C13H10N2S/c1-2-4-12(5-3-1)15-13(6-8-14-15)11-7-9-16-10-11/h1-10H. The Hall–Kier alpha value is -1.87. The maximum absolute atomic E-state index is 4.36. The Bertz CT molecular complexity index is 567. The first-order valence-corrected chi connectivity index (χ1v) is 6.01. The molecule has 3 aromatic rings. The van der Waals surface area contributed by atoms with Crippen molar-refractivity contribution >= 4 is 11.3 Å². The summed E-state index contributed by atoms with van der Waals surface area (Å²) >= 11 is 1.70. The first-order valence-electron chi connectivity index (χ1n) is 5.07. The minimum absolute atomic E-state index is 1.09. The molecule has 3 heteroatoms. The molecule has 2 nitrogen and oxygen atoms in total. The van der Waals surface area contributed by atoms with Crippen molar-refractivity contribution in [3.63, 3.8) is 0 Å². The van der Waals surface area contributed by atoms with Crippen LogP contribution in [-0.4, -0.2) is 9.78 Å². The molecule has 0 spiro atoms. The van der Waals surface area contributed by atoms with Crippen LogP contribution in [0.3, 0.4) is 0 Å². The summed E-state index contributed by atoms with van der Waals surface area (Å²) in [6, 6.07) is 14.3. The molecule has 0 amide bonds. The fourth-order valence-electron chi connectivity index (χ4n) is 1.71. The van der Waals surface area contributed by atoms with Gasteiger partial charge in [-0.1, -0.05) is 18.2 Å². The smallest absolute Gasteiger partial charge is 0.0749 e. The molecular weight excluding hydrogens is 216 g/mol. The summed E-state index contributed by atoms with van der Waals surface area (Å²) in [6.45, 7) is 0. The third kappa shape index (κ3) is 1.55. The van der Waals surface area contributed by atoms with Gasteiger partial charge in [0.2, 0.25) is 0 Å². The summed E-state index contributed by atoms with van der Waals surface area (Å²) < 4.78 is 1.96. The van der Waals surface area contributed by atoms with Gasteiger partial charge in [0.25, 0.3) is 0 Å². The zero-order valence-corrected chi connectivity index (χ0v) is 9.39. The Balaban J connectivity index is 2.14. The van der Waals surface area contributed by atoms with Crippen molar-refractivity contribution in [1.29, 1.82) is 0 Å². The number of hydrogen-bond donors (Lipinski definition) is 0. The molecule has 0 saturated heterocycles. The highest BCUT2D eigenvalue weighted by atomic mass is 32.1. The van der Waals surface area contributed by atoms with Crippen molar-refractivity contribution in [3.8, 4) is 16.9 Å². The predicted octanol–water partition coefficient (Wildman–Crippen LogP) is 3.60. The van der Waals surface area contributed by atoms with Crippen molar-refractivity contribution in [2.24, 2.45) is 0 Å². The van der Waals surface area contributed by atoms with Crippen LogP contribution in [0.1, 0.15) is 0 Å². The lowest BCUT2D eigenvalue weighted by Gasteiger charge is -2.05. The van der Waals surface area contributed by atoms with Gasteiger partial charge in [0.15, 0.2) is 0 Å². The molecule has 16 heavy (non-hydrogen) atoms. The summed E-state index contributed by atoms with van der Waals surface area (Å²) in [5.41, 5.74) is 3.44. The quantitative estimate of drug-likeness (QED) is 0.652. The van der Waals surface area contributed by atoms with Crippen molar-refractivity contribution < 1.29 is 0 Å². The largest absolute Gasteiger partial charge is 0.233 e. The zero-order chi connectivity index (χ0) is 10.8. The minimum atomic E-state index is 1.09. The van der Waals surface area contributed by atoms with Crippen LogP contribution in [-0.2, 0) is 0 Å². The van der Waals surface area contributed by atoms with Crippen LogP contribution in [0.4, 0.5) is 0 Å². The Labute approximate surface area is 97.8 Å². The first-order chi connectivity index (χ1) is 7.95. The number of thiophene rings is 1. The van der Waals surface area contributed by atoms with E-state index in [-0.39, 0.29) is 0 Å². The van der Waals surface area contributed by atoms with Gasteiger partial charge in [-0.05, 0) is 29.6 Å². The monoisotopic (exact) mass is 226 g/mol. The summed E-state index contributed by atoms with van der Waals surface area (Å²) in [7, 11) is 0. The van der Waals surface area contributed by atoms with Gasteiger partial charge in [-0.2, -0.15) is 16.4 Å². The molecule has 2 aromatic heterocycles. The maximum Gasteiger partial charge on any atom is 0.0749 e. The number of nitrogens with zero attached hydrogens (tertiary/aromatic N) is 2. The Morgan fingerprint density at radius 1 is 1.00 bits per heavy atom. The van der Waals surface area contributed by atoms with Gasteiger partial charge in [-0.3, -0.25) is 0 Å². The fraction of sp³-hybridized carbons (Fsp3) is 0. The second-order valence-electron chi connectivity index (χ2n) is 3.48. The highest BCUT2D eigenvalue weighted by Gasteiger charge is 2.06. The Kier molecular flexibility index (Phi) is 2.31. The van der Waals surface area contributed by atoms with Crippen molar-refractivity contribution in [1.82, 2.24) is 9.78 Å². The van der Waals surface area contributed by atoms with E-state index < -0.39 is 0 Å². The summed E-state index contributed by atoms with van der Waals surface area (Å²) in [5.74, 6) is 0.